The Bertz CT molecular complexity index is 865. The van der Waals surface area contributed by atoms with Crippen LogP contribution in [0.1, 0.15) is 25.6 Å². The van der Waals surface area contributed by atoms with Gasteiger partial charge in [-0.2, -0.15) is 13.2 Å². The van der Waals surface area contributed by atoms with E-state index in [2.05, 4.69) is 15.2 Å². The number of hydrogen-bond donors (Lipinski definition) is 1. The minimum absolute atomic E-state index is 0.00979. The summed E-state index contributed by atoms with van der Waals surface area (Å²) in [6, 6.07) is 6.59. The third kappa shape index (κ3) is 3.05. The van der Waals surface area contributed by atoms with Gasteiger partial charge in [0.2, 0.25) is 5.82 Å². The topological polar surface area (TPSA) is 63.3 Å². The van der Waals surface area contributed by atoms with Gasteiger partial charge in [-0.3, -0.25) is 4.40 Å². The molecular formula is C15H15F3N4OS. The summed E-state index contributed by atoms with van der Waals surface area (Å²) in [4.78, 5) is 4.46. The van der Waals surface area contributed by atoms with Crippen LogP contribution < -0.4 is 0 Å². The zero-order valence-corrected chi connectivity index (χ0v) is 13.6. The van der Waals surface area contributed by atoms with Crippen molar-refractivity contribution in [1.29, 1.82) is 0 Å². The molecule has 24 heavy (non-hydrogen) atoms. The first-order valence-electron chi connectivity index (χ1n) is 7.44. The minimum atomic E-state index is -4.61. The first kappa shape index (κ1) is 17.0. The van der Waals surface area contributed by atoms with Crippen LogP contribution in [0.25, 0.3) is 16.7 Å². The molecule has 1 N–H and O–H groups in total. The molecule has 3 rings (SSSR count). The molecule has 0 fully saturated rings. The highest BCUT2D eigenvalue weighted by Gasteiger charge is 2.38. The second kappa shape index (κ2) is 6.56. The Kier molecular flexibility index (Phi) is 4.64. The molecule has 1 atom stereocenters. The third-order valence-electron chi connectivity index (χ3n) is 3.64. The SMILES string of the molecule is CCC(CCO)Sc1nc2ccccc2n2c(C(F)(F)F)nnc12. The van der Waals surface area contributed by atoms with E-state index in [0.717, 1.165) is 10.8 Å². The fourth-order valence-corrected chi connectivity index (χ4v) is 3.56. The van der Waals surface area contributed by atoms with Crippen LogP contribution in [0.3, 0.4) is 0 Å². The lowest BCUT2D eigenvalue weighted by Crippen LogP contribution is -2.12. The van der Waals surface area contributed by atoms with Gasteiger partial charge in [-0.25, -0.2) is 4.98 Å². The summed E-state index contributed by atoms with van der Waals surface area (Å²) >= 11 is 1.32. The number of thioether (sulfide) groups is 1. The summed E-state index contributed by atoms with van der Waals surface area (Å²) in [6.07, 6.45) is -3.32. The molecule has 0 saturated carbocycles. The maximum absolute atomic E-state index is 13.3. The number of alkyl halides is 3. The van der Waals surface area contributed by atoms with Gasteiger partial charge in [-0.05, 0) is 25.0 Å². The summed E-state index contributed by atoms with van der Waals surface area (Å²) in [7, 11) is 0. The molecule has 128 valence electrons. The summed E-state index contributed by atoms with van der Waals surface area (Å²) in [5.41, 5.74) is 0.837. The van der Waals surface area contributed by atoms with Gasteiger partial charge < -0.3 is 5.11 Å². The number of aromatic nitrogens is 4. The van der Waals surface area contributed by atoms with E-state index in [0.29, 0.717) is 22.5 Å². The zero-order chi connectivity index (χ0) is 17.3. The summed E-state index contributed by atoms with van der Waals surface area (Å²) in [6.45, 7) is 1.96. The molecule has 2 aromatic heterocycles. The number of aliphatic hydroxyl groups excluding tert-OH is 1. The monoisotopic (exact) mass is 356 g/mol. The van der Waals surface area contributed by atoms with Crippen molar-refractivity contribution in [2.75, 3.05) is 6.61 Å². The van der Waals surface area contributed by atoms with Crippen molar-refractivity contribution in [3.05, 3.63) is 30.1 Å². The normalized spacial score (nSPS) is 13.7. The van der Waals surface area contributed by atoms with E-state index >= 15 is 0 Å². The van der Waals surface area contributed by atoms with Crippen LogP contribution in [0.15, 0.2) is 29.3 Å². The highest BCUT2D eigenvalue weighted by atomic mass is 32.2. The number of para-hydroxylation sites is 2. The molecule has 9 heteroatoms. The smallest absolute Gasteiger partial charge is 0.396 e. The predicted molar refractivity (Wildman–Crippen MR) is 84.9 cm³/mol. The molecule has 1 unspecified atom stereocenters. The van der Waals surface area contributed by atoms with Crippen LogP contribution in [0.4, 0.5) is 13.2 Å². The first-order valence-corrected chi connectivity index (χ1v) is 8.32. The molecule has 2 heterocycles. The largest absolute Gasteiger partial charge is 0.452 e. The highest BCUT2D eigenvalue weighted by molar-refractivity contribution is 8.00. The van der Waals surface area contributed by atoms with Crippen molar-refractivity contribution in [2.45, 2.75) is 36.2 Å². The van der Waals surface area contributed by atoms with E-state index in [1.807, 2.05) is 6.92 Å². The van der Waals surface area contributed by atoms with Gasteiger partial charge in [-0.15, -0.1) is 10.2 Å². The van der Waals surface area contributed by atoms with Crippen LogP contribution >= 0.6 is 11.8 Å². The Morgan fingerprint density at radius 3 is 2.67 bits per heavy atom. The first-order chi connectivity index (χ1) is 11.5. The van der Waals surface area contributed by atoms with E-state index in [1.165, 1.54) is 11.8 Å². The van der Waals surface area contributed by atoms with Gasteiger partial charge in [0.25, 0.3) is 0 Å². The maximum atomic E-state index is 13.3. The Morgan fingerprint density at radius 1 is 1.25 bits per heavy atom. The number of hydrogen-bond acceptors (Lipinski definition) is 5. The lowest BCUT2D eigenvalue weighted by Gasteiger charge is -2.14. The highest BCUT2D eigenvalue weighted by Crippen LogP contribution is 2.35. The maximum Gasteiger partial charge on any atom is 0.452 e. The third-order valence-corrected chi connectivity index (χ3v) is 5.04. The molecule has 0 saturated heterocycles. The van der Waals surface area contributed by atoms with Crippen molar-refractivity contribution in [1.82, 2.24) is 19.6 Å². The van der Waals surface area contributed by atoms with Gasteiger partial charge in [0.1, 0.15) is 5.03 Å². The fraction of sp³-hybridized carbons (Fsp3) is 0.400. The van der Waals surface area contributed by atoms with Gasteiger partial charge in [0.15, 0.2) is 5.65 Å². The number of aliphatic hydroxyl groups is 1. The molecular weight excluding hydrogens is 341 g/mol. The molecule has 3 aromatic rings. The molecule has 0 amide bonds. The fourth-order valence-electron chi connectivity index (χ4n) is 2.47. The average Bonchev–Trinajstić information content (AvgIpc) is 3.00. The van der Waals surface area contributed by atoms with Crippen LogP contribution in [0.5, 0.6) is 0 Å². The molecule has 5 nitrogen and oxygen atoms in total. The predicted octanol–water partition coefficient (Wildman–Crippen LogP) is 3.55. The van der Waals surface area contributed by atoms with Crippen molar-refractivity contribution < 1.29 is 18.3 Å². The number of rotatable bonds is 5. The lowest BCUT2D eigenvalue weighted by molar-refractivity contribution is -0.145. The van der Waals surface area contributed by atoms with Gasteiger partial charge >= 0.3 is 6.18 Å². The van der Waals surface area contributed by atoms with E-state index in [9.17, 15) is 13.2 Å². The van der Waals surface area contributed by atoms with Gasteiger partial charge in [-0.1, -0.05) is 30.8 Å². The standard InChI is InChI=1S/C15H15F3N4OS/c1-2-9(7-8-23)24-13-12-20-21-14(15(16,17)18)22(12)11-6-4-3-5-10(11)19-13/h3-6,9,23H,2,7-8H2,1H3. The van der Waals surface area contributed by atoms with Crippen LogP contribution in [-0.2, 0) is 6.18 Å². The van der Waals surface area contributed by atoms with Crippen molar-refractivity contribution in [2.24, 2.45) is 0 Å². The number of benzene rings is 1. The second-order valence-electron chi connectivity index (χ2n) is 5.25. The van der Waals surface area contributed by atoms with E-state index in [-0.39, 0.29) is 17.5 Å². The molecule has 1 aromatic carbocycles. The Morgan fingerprint density at radius 2 is 2.00 bits per heavy atom. The van der Waals surface area contributed by atoms with Crippen molar-refractivity contribution >= 4 is 28.4 Å². The number of nitrogens with zero attached hydrogens (tertiary/aromatic N) is 4. The Balaban J connectivity index is 2.24. The van der Waals surface area contributed by atoms with Crippen LogP contribution in [0.2, 0.25) is 0 Å². The molecule has 0 aliphatic rings. The average molecular weight is 356 g/mol. The molecule has 0 aliphatic heterocycles. The van der Waals surface area contributed by atoms with Gasteiger partial charge in [0, 0.05) is 11.9 Å². The van der Waals surface area contributed by atoms with Gasteiger partial charge in [0.05, 0.1) is 11.0 Å². The van der Waals surface area contributed by atoms with Crippen molar-refractivity contribution in [3.8, 4) is 0 Å². The quantitative estimate of drug-likeness (QED) is 0.709. The van der Waals surface area contributed by atoms with E-state index in [1.54, 1.807) is 24.3 Å². The Hall–Kier alpha value is -1.87. The molecule has 0 spiro atoms. The summed E-state index contributed by atoms with van der Waals surface area (Å²) in [5, 5.41) is 16.6. The second-order valence-corrected chi connectivity index (χ2v) is 6.54. The summed E-state index contributed by atoms with van der Waals surface area (Å²) in [5.74, 6) is -1.06. The zero-order valence-electron chi connectivity index (χ0n) is 12.8. The number of halogens is 3. The van der Waals surface area contributed by atoms with E-state index < -0.39 is 12.0 Å². The van der Waals surface area contributed by atoms with E-state index in [4.69, 9.17) is 5.11 Å². The lowest BCUT2D eigenvalue weighted by atomic mass is 10.2. The minimum Gasteiger partial charge on any atom is -0.396 e. The Labute approximate surface area is 139 Å². The molecule has 0 bridgehead atoms. The van der Waals surface area contributed by atoms with Crippen molar-refractivity contribution in [3.63, 3.8) is 0 Å². The number of fused-ring (bicyclic) bond motifs is 3. The van der Waals surface area contributed by atoms with Crippen LogP contribution in [-0.4, -0.2) is 36.5 Å². The van der Waals surface area contributed by atoms with Crippen LogP contribution in [0, 0.1) is 0 Å². The summed E-state index contributed by atoms with van der Waals surface area (Å²) < 4.78 is 40.8. The molecule has 0 radical (unpaired) electrons. The molecule has 0 aliphatic carbocycles.